The van der Waals surface area contributed by atoms with Crippen LogP contribution in [0.25, 0.3) is 0 Å². The van der Waals surface area contributed by atoms with E-state index in [1.165, 1.54) is 36.4 Å². The minimum absolute atomic E-state index is 0.173. The maximum absolute atomic E-state index is 11.7. The van der Waals surface area contributed by atoms with Crippen molar-refractivity contribution in [2.75, 3.05) is 6.54 Å². The van der Waals surface area contributed by atoms with Gasteiger partial charge in [-0.25, -0.2) is 0 Å². The molecule has 0 aliphatic heterocycles. The zero-order valence-corrected chi connectivity index (χ0v) is 27.0. The van der Waals surface area contributed by atoms with E-state index in [0.717, 1.165) is 5.56 Å². The van der Waals surface area contributed by atoms with Crippen LogP contribution in [-0.2, 0) is 12.8 Å². The molecule has 0 radical (unpaired) electrons. The molecule has 0 fully saturated rings. The van der Waals surface area contributed by atoms with E-state index >= 15 is 0 Å². The molecule has 0 aliphatic carbocycles. The van der Waals surface area contributed by atoms with E-state index in [4.69, 9.17) is 11.0 Å². The van der Waals surface area contributed by atoms with E-state index in [1.807, 2.05) is 6.07 Å². The first-order valence-electron chi connectivity index (χ1n) is 8.21. The first-order chi connectivity index (χ1) is 15.4. The minimum Gasteiger partial charge on any atom is -0.406 e. The number of nitrogens with two attached hydrogens (primary N) is 1. The number of hydrogen-bond donors (Lipinski definition) is 1. The number of nitrogens with zero attached hydrogens (tertiary/aromatic N) is 1. The standard InChI is InChI=1S/C9H10F3NO.C9H6F3NO.I3.I2/c2*10-9(11,12)14-8-3-1-7(2-4-8)5-6-13;1-3-2;1-2/h1-4H,5-6,13H2;1-4H,5H2;;/q;;-1;. The van der Waals surface area contributed by atoms with E-state index in [1.54, 1.807) is 12.1 Å². The van der Waals surface area contributed by atoms with Crippen molar-refractivity contribution in [1.29, 1.82) is 5.26 Å². The molecule has 33 heavy (non-hydrogen) atoms. The van der Waals surface area contributed by atoms with Gasteiger partial charge in [-0.05, 0) is 48.4 Å². The number of ether oxygens (including phenoxy) is 2. The van der Waals surface area contributed by atoms with Gasteiger partial charge in [-0.3, -0.25) is 0 Å². The van der Waals surface area contributed by atoms with Gasteiger partial charge in [0.15, 0.2) is 0 Å². The summed E-state index contributed by atoms with van der Waals surface area (Å²) in [5, 5.41) is 8.31. The van der Waals surface area contributed by atoms with Gasteiger partial charge in [0.2, 0.25) is 0 Å². The molecule has 0 aromatic heterocycles. The van der Waals surface area contributed by atoms with E-state index < -0.39 is 12.7 Å². The Kier molecular flexibility index (Phi) is 22.7. The van der Waals surface area contributed by atoms with Crippen LogP contribution in [0.2, 0.25) is 0 Å². The molecular formula is C18H16F6I5N2O2-. The normalized spacial score (nSPS) is 10.2. The quantitative estimate of drug-likeness (QED) is 0.327. The maximum Gasteiger partial charge on any atom is 0.573 e. The Morgan fingerprint density at radius 2 is 1.12 bits per heavy atom. The molecule has 0 aliphatic rings. The van der Waals surface area contributed by atoms with Crippen LogP contribution >= 0.6 is 74.5 Å². The second-order valence-electron chi connectivity index (χ2n) is 5.31. The summed E-state index contributed by atoms with van der Waals surface area (Å²) < 4.78 is 77.7. The van der Waals surface area contributed by atoms with Crippen LogP contribution in [0.5, 0.6) is 11.5 Å². The number of halogens is 11. The summed E-state index contributed by atoms with van der Waals surface area (Å²) in [5.41, 5.74) is 6.83. The van der Waals surface area contributed by atoms with Gasteiger partial charge in [0.1, 0.15) is 11.5 Å². The van der Waals surface area contributed by atoms with E-state index in [9.17, 15) is 26.3 Å². The second-order valence-corrected chi connectivity index (χ2v) is 21.6. The van der Waals surface area contributed by atoms with Crippen molar-refractivity contribution in [3.63, 3.8) is 0 Å². The predicted molar refractivity (Wildman–Crippen MR) is 144 cm³/mol. The molecule has 0 bridgehead atoms. The molecule has 0 atom stereocenters. The molecule has 0 saturated carbocycles. The maximum atomic E-state index is 11.7. The predicted octanol–water partition coefficient (Wildman–Crippen LogP) is 5.28. The van der Waals surface area contributed by atoms with Crippen molar-refractivity contribution in [3.8, 4) is 17.6 Å². The molecule has 2 aromatic rings. The molecule has 15 heteroatoms. The third-order valence-corrected chi connectivity index (χ3v) is 3.03. The van der Waals surface area contributed by atoms with Crippen molar-refractivity contribution < 1.29 is 49.1 Å². The van der Waals surface area contributed by atoms with Crippen LogP contribution in [0.4, 0.5) is 26.3 Å². The first-order valence-corrected chi connectivity index (χ1v) is 27.1. The van der Waals surface area contributed by atoms with Crippen LogP contribution in [-0.4, -0.2) is 19.3 Å². The van der Waals surface area contributed by atoms with Crippen LogP contribution in [0.15, 0.2) is 48.5 Å². The topological polar surface area (TPSA) is 68.3 Å². The molecule has 0 spiro atoms. The van der Waals surface area contributed by atoms with Crippen LogP contribution < -0.4 is 28.5 Å². The second kappa shape index (κ2) is 20.9. The summed E-state index contributed by atoms with van der Waals surface area (Å²) >= 11 is 9.54. The SMILES string of the molecule is II.I[I-]I.N#CCc1ccc(OC(F)(F)F)cc1.NCCc1ccc(OC(F)(F)F)cc1. The summed E-state index contributed by atoms with van der Waals surface area (Å²) in [5.74, 6) is -0.488. The third kappa shape index (κ3) is 22.9. The van der Waals surface area contributed by atoms with Crippen LogP contribution in [0, 0.1) is 11.3 Å². The zero-order valence-electron chi connectivity index (χ0n) is 16.2. The average molecular weight is 1040 g/mol. The van der Waals surface area contributed by atoms with Crippen molar-refractivity contribution in [2.45, 2.75) is 25.6 Å². The van der Waals surface area contributed by atoms with Gasteiger partial charge in [0.05, 0.1) is 12.5 Å². The summed E-state index contributed by atoms with van der Waals surface area (Å²) in [7, 11) is 0. The molecule has 4 nitrogen and oxygen atoms in total. The van der Waals surface area contributed by atoms with Crippen molar-refractivity contribution in [1.82, 2.24) is 0 Å². The van der Waals surface area contributed by atoms with Crippen molar-refractivity contribution >= 4 is 74.5 Å². The van der Waals surface area contributed by atoms with E-state index in [0.29, 0.717) is 31.8 Å². The molecule has 2 N–H and O–H groups in total. The summed E-state index contributed by atoms with van der Waals surface area (Å²) in [4.78, 5) is 0. The molecule has 0 amide bonds. The summed E-state index contributed by atoms with van der Waals surface area (Å²) in [6.45, 7) is 0.472. The fourth-order valence-corrected chi connectivity index (χ4v) is 1.92. The van der Waals surface area contributed by atoms with Gasteiger partial charge in [-0.15, -0.1) is 26.3 Å². The van der Waals surface area contributed by atoms with Gasteiger partial charge in [0, 0.05) is 37.2 Å². The third-order valence-electron chi connectivity index (χ3n) is 3.03. The molecular weight excluding hydrogens is 1020 g/mol. The molecule has 0 saturated heterocycles. The smallest absolute Gasteiger partial charge is 0.406 e. The molecule has 2 aromatic carbocycles. The van der Waals surface area contributed by atoms with Crippen LogP contribution in [0.1, 0.15) is 11.1 Å². The van der Waals surface area contributed by atoms with Gasteiger partial charge in [-0.1, -0.05) is 24.3 Å². The first kappa shape index (κ1) is 35.9. The van der Waals surface area contributed by atoms with Gasteiger partial charge in [0.25, 0.3) is 0 Å². The van der Waals surface area contributed by atoms with E-state index in [-0.39, 0.29) is 17.9 Å². The van der Waals surface area contributed by atoms with E-state index in [2.05, 4.69) is 83.9 Å². The Morgan fingerprint density at radius 3 is 1.39 bits per heavy atom. The molecule has 0 unspecified atom stereocenters. The largest absolute Gasteiger partial charge is 0.573 e. The number of hydrogen-bond acceptors (Lipinski definition) is 4. The van der Waals surface area contributed by atoms with Gasteiger partial charge in [-0.2, -0.15) is 5.26 Å². The number of rotatable bonds is 5. The average Bonchev–Trinajstić information content (AvgIpc) is 2.72. The molecule has 2 rings (SSSR count). The Morgan fingerprint density at radius 1 is 0.788 bits per heavy atom. The number of nitriles is 1. The molecule has 0 heterocycles. The minimum atomic E-state index is -4.67. The van der Waals surface area contributed by atoms with Crippen molar-refractivity contribution in [2.24, 2.45) is 5.73 Å². The fourth-order valence-electron chi connectivity index (χ4n) is 1.92. The number of alkyl halides is 6. The van der Waals surface area contributed by atoms with Crippen LogP contribution in [0.3, 0.4) is 0 Å². The summed E-state index contributed by atoms with van der Waals surface area (Å²) in [6, 6.07) is 12.8. The molecule has 188 valence electrons. The van der Waals surface area contributed by atoms with Gasteiger partial charge < -0.3 is 15.2 Å². The Labute approximate surface area is 240 Å². The Bertz CT molecular complexity index is 785. The van der Waals surface area contributed by atoms with Crippen molar-refractivity contribution in [3.05, 3.63) is 59.7 Å². The number of benzene rings is 2. The Balaban J connectivity index is 0. The van der Waals surface area contributed by atoms with Gasteiger partial charge >= 0.3 is 63.2 Å². The Hall–Kier alpha value is 0.720. The zero-order chi connectivity index (χ0) is 25.9. The summed E-state index contributed by atoms with van der Waals surface area (Å²) in [6.07, 6.45) is -8.48. The monoisotopic (exact) mass is 1040 g/mol. The fraction of sp³-hybridized carbons (Fsp3) is 0.278.